The maximum absolute atomic E-state index is 13.3. The summed E-state index contributed by atoms with van der Waals surface area (Å²) in [7, 11) is 4.70. The number of benzene rings is 2. The van der Waals surface area contributed by atoms with Crippen LogP contribution >= 0.6 is 23.2 Å². The number of hydrogen-bond donors (Lipinski definition) is 2. The zero-order chi connectivity index (χ0) is 35.8. The molecular formula is C37H35Cl2N7O5. The molecule has 2 aromatic carbocycles. The number of carbonyl (C=O) groups excluding carboxylic acids is 1. The molecule has 1 aliphatic carbocycles. The maximum atomic E-state index is 13.3. The van der Waals surface area contributed by atoms with E-state index in [2.05, 4.69) is 26.6 Å². The van der Waals surface area contributed by atoms with Crippen LogP contribution in [0.2, 0.25) is 10.0 Å². The van der Waals surface area contributed by atoms with Gasteiger partial charge in [-0.3, -0.25) is 23.6 Å². The van der Waals surface area contributed by atoms with Gasteiger partial charge in [0, 0.05) is 67.7 Å². The highest BCUT2D eigenvalue weighted by atomic mass is 35.5. The van der Waals surface area contributed by atoms with Crippen molar-refractivity contribution in [3.8, 4) is 28.3 Å². The second-order valence-electron chi connectivity index (χ2n) is 13.5. The second kappa shape index (κ2) is 12.5. The van der Waals surface area contributed by atoms with E-state index in [1.54, 1.807) is 33.2 Å². The Bertz CT molecular complexity index is 2390. The smallest absolute Gasteiger partial charge is 0.330 e. The topological polar surface area (TPSA) is 133 Å². The number of likely N-dealkylation sites (tertiary alicyclic amines) is 1. The second-order valence-corrected chi connectivity index (χ2v) is 14.2. The molecule has 2 saturated heterocycles. The Hall–Kier alpha value is -4.75. The molecule has 2 N–H and O–H groups in total. The van der Waals surface area contributed by atoms with E-state index in [4.69, 9.17) is 37.7 Å². The first-order valence-corrected chi connectivity index (χ1v) is 17.4. The van der Waals surface area contributed by atoms with Gasteiger partial charge in [0.25, 0.3) is 5.56 Å². The SMILES string of the molecule is COc1nc(-c2cccc(-c3cccc(Nc4nc(C)cc5c4c(=O)n(C)c(=O)n5C)c3Cl)c2Cl)cc2c1C(N1CC3(CNC(=O)CO3)C1)CC2. The van der Waals surface area contributed by atoms with Crippen LogP contribution in [0.15, 0.2) is 58.1 Å². The summed E-state index contributed by atoms with van der Waals surface area (Å²) in [4.78, 5) is 49.5. The van der Waals surface area contributed by atoms with E-state index in [1.807, 2.05) is 30.3 Å². The average molecular weight is 729 g/mol. The van der Waals surface area contributed by atoms with E-state index in [9.17, 15) is 14.4 Å². The molecule has 1 atom stereocenters. The van der Waals surface area contributed by atoms with Crippen LogP contribution in [0.1, 0.15) is 29.3 Å². The van der Waals surface area contributed by atoms with Gasteiger partial charge < -0.3 is 20.1 Å². The molecule has 1 spiro atoms. The number of amides is 1. The number of fused-ring (bicyclic) bond motifs is 2. The van der Waals surface area contributed by atoms with Crippen molar-refractivity contribution < 1.29 is 14.3 Å². The van der Waals surface area contributed by atoms with E-state index in [-0.39, 0.29) is 29.5 Å². The average Bonchev–Trinajstić information content (AvgIpc) is 3.53. The molecule has 262 valence electrons. The fourth-order valence-electron chi connectivity index (χ4n) is 7.64. The standard InChI is InChI=1S/C37H35Cl2N7O5/c1-19-13-27-30(35(48)45(3)36(49)44(27)2)33(41-19)42-24-10-6-8-22(32(24)39)21-7-5-9-23(31(21)38)25-14-20-11-12-26(29(20)34(43-25)50-4)46-17-37(18-46)16-40-28(47)15-51-37/h5-10,13-14,26H,11-12,15-18H2,1-4H3,(H,40,47)(H,41,42). The normalized spacial score (nSPS) is 18.1. The molecule has 12 nitrogen and oxygen atoms in total. The third kappa shape index (κ3) is 5.48. The molecule has 3 aromatic heterocycles. The van der Waals surface area contributed by atoms with E-state index in [0.717, 1.165) is 47.2 Å². The Kier molecular flexibility index (Phi) is 8.17. The Morgan fingerprint density at radius 3 is 2.43 bits per heavy atom. The zero-order valence-corrected chi connectivity index (χ0v) is 30.0. The summed E-state index contributed by atoms with van der Waals surface area (Å²) in [5.41, 5.74) is 5.43. The predicted octanol–water partition coefficient (Wildman–Crippen LogP) is 4.92. The van der Waals surface area contributed by atoms with Crippen LogP contribution in [0.5, 0.6) is 5.88 Å². The summed E-state index contributed by atoms with van der Waals surface area (Å²) in [6.45, 7) is 3.89. The molecule has 14 heteroatoms. The number of nitrogens with zero attached hydrogens (tertiary/aromatic N) is 5. The molecule has 2 fully saturated rings. The van der Waals surface area contributed by atoms with E-state index < -0.39 is 11.2 Å². The Morgan fingerprint density at radius 2 is 1.71 bits per heavy atom. The molecule has 3 aliphatic rings. The zero-order valence-electron chi connectivity index (χ0n) is 28.5. The van der Waals surface area contributed by atoms with Gasteiger partial charge in [-0.2, -0.15) is 0 Å². The summed E-state index contributed by atoms with van der Waals surface area (Å²) in [5.74, 6) is 0.782. The number of rotatable bonds is 6. The van der Waals surface area contributed by atoms with Gasteiger partial charge in [0.15, 0.2) is 0 Å². The Morgan fingerprint density at radius 1 is 0.980 bits per heavy atom. The van der Waals surface area contributed by atoms with E-state index >= 15 is 0 Å². The summed E-state index contributed by atoms with van der Waals surface area (Å²) in [6, 6.07) is 15.2. The monoisotopic (exact) mass is 727 g/mol. The number of methoxy groups -OCH3 is 1. The maximum Gasteiger partial charge on any atom is 0.330 e. The minimum Gasteiger partial charge on any atom is -0.481 e. The number of aromatic nitrogens is 4. The summed E-state index contributed by atoms with van der Waals surface area (Å²) in [6.07, 6.45) is 1.79. The summed E-state index contributed by atoms with van der Waals surface area (Å²) < 4.78 is 14.3. The van der Waals surface area contributed by atoms with Gasteiger partial charge in [0.05, 0.1) is 34.1 Å². The highest BCUT2D eigenvalue weighted by molar-refractivity contribution is 6.39. The highest BCUT2D eigenvalue weighted by Crippen LogP contribution is 2.47. The van der Waals surface area contributed by atoms with Crippen molar-refractivity contribution in [3.05, 3.63) is 96.2 Å². The number of aryl methyl sites for hydroxylation is 3. The number of hydrogen-bond acceptors (Lipinski definition) is 9. The van der Waals surface area contributed by atoms with Gasteiger partial charge >= 0.3 is 5.69 Å². The first-order chi connectivity index (χ1) is 24.5. The number of nitrogens with one attached hydrogen (secondary N) is 2. The molecule has 0 bridgehead atoms. The lowest BCUT2D eigenvalue weighted by atomic mass is 9.89. The van der Waals surface area contributed by atoms with Crippen LogP contribution < -0.4 is 26.6 Å². The first-order valence-electron chi connectivity index (χ1n) is 16.6. The molecule has 1 unspecified atom stereocenters. The lowest BCUT2D eigenvalue weighted by Gasteiger charge is -2.53. The number of carbonyl (C=O) groups is 1. The molecule has 51 heavy (non-hydrogen) atoms. The molecule has 5 heterocycles. The summed E-state index contributed by atoms with van der Waals surface area (Å²) in [5, 5.41) is 7.32. The number of pyridine rings is 2. The van der Waals surface area contributed by atoms with Gasteiger partial charge in [0.2, 0.25) is 11.8 Å². The number of morpholine rings is 1. The number of ether oxygens (including phenoxy) is 2. The number of anilines is 2. The molecule has 0 radical (unpaired) electrons. The van der Waals surface area contributed by atoms with E-state index in [1.165, 1.54) is 11.6 Å². The molecule has 8 rings (SSSR count). The molecule has 5 aromatic rings. The van der Waals surface area contributed by atoms with Crippen LogP contribution in [-0.2, 0) is 30.0 Å². The van der Waals surface area contributed by atoms with Gasteiger partial charge in [-0.25, -0.2) is 14.8 Å². The fraction of sp³-hybridized carbons (Fsp3) is 0.324. The first kappa shape index (κ1) is 33.4. The highest BCUT2D eigenvalue weighted by Gasteiger charge is 2.50. The lowest BCUT2D eigenvalue weighted by molar-refractivity contribution is -0.179. The van der Waals surface area contributed by atoms with Crippen LogP contribution in [0, 0.1) is 6.92 Å². The van der Waals surface area contributed by atoms with Crippen molar-refractivity contribution in [3.63, 3.8) is 0 Å². The number of halogens is 2. The van der Waals surface area contributed by atoms with Crippen molar-refractivity contribution in [2.75, 3.05) is 38.7 Å². The van der Waals surface area contributed by atoms with Crippen LogP contribution in [-0.4, -0.2) is 68.9 Å². The minimum absolute atomic E-state index is 0.0745. The van der Waals surface area contributed by atoms with Crippen molar-refractivity contribution in [1.29, 1.82) is 0 Å². The third-order valence-electron chi connectivity index (χ3n) is 10.3. The van der Waals surface area contributed by atoms with Gasteiger partial charge in [-0.1, -0.05) is 53.5 Å². The van der Waals surface area contributed by atoms with Crippen LogP contribution in [0.4, 0.5) is 11.5 Å². The van der Waals surface area contributed by atoms with Crippen LogP contribution in [0.3, 0.4) is 0 Å². The van der Waals surface area contributed by atoms with Crippen molar-refractivity contribution >= 4 is 51.5 Å². The molecular weight excluding hydrogens is 693 g/mol. The Labute approximate surface area is 302 Å². The molecule has 0 saturated carbocycles. The van der Waals surface area contributed by atoms with Crippen molar-refractivity contribution in [1.82, 2.24) is 29.3 Å². The minimum atomic E-state index is -0.461. The summed E-state index contributed by atoms with van der Waals surface area (Å²) >= 11 is 14.3. The lowest BCUT2D eigenvalue weighted by Crippen LogP contribution is -2.70. The molecule has 2 aliphatic heterocycles. The fourth-order valence-corrected chi connectivity index (χ4v) is 8.24. The van der Waals surface area contributed by atoms with Crippen LogP contribution in [0.25, 0.3) is 33.3 Å². The molecule has 1 amide bonds. The van der Waals surface area contributed by atoms with Gasteiger partial charge in [0.1, 0.15) is 23.4 Å². The Balaban J connectivity index is 1.12. The largest absolute Gasteiger partial charge is 0.481 e. The quantitative estimate of drug-likeness (QED) is 0.250. The van der Waals surface area contributed by atoms with Crippen molar-refractivity contribution in [2.45, 2.75) is 31.4 Å². The van der Waals surface area contributed by atoms with Gasteiger partial charge in [-0.05, 0) is 43.5 Å². The third-order valence-corrected chi connectivity index (χ3v) is 11.1. The van der Waals surface area contributed by atoms with E-state index in [0.29, 0.717) is 62.0 Å². The van der Waals surface area contributed by atoms with Crippen molar-refractivity contribution in [2.24, 2.45) is 14.1 Å². The predicted molar refractivity (Wildman–Crippen MR) is 196 cm³/mol. The van der Waals surface area contributed by atoms with Gasteiger partial charge in [-0.15, -0.1) is 0 Å².